The molecule has 4 heterocycles. The van der Waals surface area contributed by atoms with Crippen molar-refractivity contribution < 1.29 is 119 Å². The summed E-state index contributed by atoms with van der Waals surface area (Å²) in [5, 5.41) is 165. The van der Waals surface area contributed by atoms with Crippen LogP contribution < -0.4 is 21.3 Å². The molecule has 22 atom stereocenters. The van der Waals surface area contributed by atoms with Crippen LogP contribution in [0.3, 0.4) is 0 Å². The average Bonchev–Trinajstić information content (AvgIpc) is 0.761. The Morgan fingerprint density at radius 3 is 1.00 bits per heavy atom. The standard InChI is InChI=1S/C70H82N4O24/c75-33-47-53(79)57(83)51(67(89)95-47)71-65(87)45(29-37-13-5-1-6-14-37)93-59-55(81)49(35-77)97-69(91,31-39-17-9-3-10-18-39)61(59)73-63(85)43-25-21-41(22-26-43)42-23-27-44(28-24-42)64(86)74-62-60(56(82)50(36-78)98-70(62,92)32-40-19-11-4-12-20-40)94-46(30-38-15-7-2-8-16-38)66(88)72-52-58(84)54(80)48(34-76)96-68(52)90/h1-28,45-62,67-68,75-84,89-92H,29-36H2,(H,71,87)(H,72,88)(H,73,85)(H,74,86)/t45?,46?,47-,48-,49-,50-,51-,52-,53-,54-,55-,56-,57-,58-,59+,60+,61-,62-,67+,68+,69+,70+/m1/s1. The average molecular weight is 1360 g/mol. The zero-order valence-electron chi connectivity index (χ0n) is 52.7. The molecule has 2 unspecified atom stereocenters. The molecule has 18 N–H and O–H groups in total. The summed E-state index contributed by atoms with van der Waals surface area (Å²) < 4.78 is 35.6. The van der Waals surface area contributed by atoms with Crippen molar-refractivity contribution in [3.05, 3.63) is 203 Å². The monoisotopic (exact) mass is 1360 g/mol. The molecule has 0 saturated carbocycles. The lowest BCUT2D eigenvalue weighted by Crippen LogP contribution is -2.72. The third-order valence-electron chi connectivity index (χ3n) is 18.1. The van der Waals surface area contributed by atoms with E-state index in [1.54, 1.807) is 146 Å². The van der Waals surface area contributed by atoms with Crippen LogP contribution in [-0.4, -0.2) is 255 Å². The van der Waals surface area contributed by atoms with E-state index < -0.39 is 184 Å². The second-order valence-electron chi connectivity index (χ2n) is 24.8. The molecule has 0 bridgehead atoms. The Bertz CT molecular complexity index is 3330. The molecule has 0 aromatic heterocycles. The molecule has 28 nitrogen and oxygen atoms in total. The lowest BCUT2D eigenvalue weighted by Gasteiger charge is -2.50. The van der Waals surface area contributed by atoms with Crippen molar-refractivity contribution in [1.82, 2.24) is 21.3 Å². The predicted molar refractivity (Wildman–Crippen MR) is 342 cm³/mol. The van der Waals surface area contributed by atoms with Gasteiger partial charge in [-0.25, -0.2) is 0 Å². The molecule has 0 aliphatic carbocycles. The summed E-state index contributed by atoms with van der Waals surface area (Å²) in [6.45, 7) is -3.30. The van der Waals surface area contributed by atoms with Crippen molar-refractivity contribution in [2.24, 2.45) is 0 Å². The van der Waals surface area contributed by atoms with Crippen molar-refractivity contribution in [3.8, 4) is 11.1 Å². The summed E-state index contributed by atoms with van der Waals surface area (Å²) in [5.74, 6) is -8.67. The molecule has 526 valence electrons. The molecule has 4 aliphatic rings. The first-order chi connectivity index (χ1) is 47.0. The maximum atomic E-state index is 14.6. The predicted octanol–water partition coefficient (Wildman–Crippen LogP) is -3.26. The van der Waals surface area contributed by atoms with Crippen molar-refractivity contribution in [2.45, 2.75) is 159 Å². The fourth-order valence-electron chi connectivity index (χ4n) is 12.8. The summed E-state index contributed by atoms with van der Waals surface area (Å²) >= 11 is 0. The Balaban J connectivity index is 0.906. The molecule has 4 amide bonds. The van der Waals surface area contributed by atoms with E-state index in [9.17, 15) is 90.7 Å². The second kappa shape index (κ2) is 32.6. The van der Waals surface area contributed by atoms with Crippen LogP contribution >= 0.6 is 0 Å². The van der Waals surface area contributed by atoms with E-state index in [4.69, 9.17) is 28.4 Å². The Kier molecular flexibility index (Phi) is 24.3. The quantitative estimate of drug-likeness (QED) is 0.0268. The van der Waals surface area contributed by atoms with Crippen LogP contribution in [0.25, 0.3) is 11.1 Å². The molecule has 4 saturated heterocycles. The number of aliphatic hydroxyl groups excluding tert-OH is 12. The summed E-state index contributed by atoms with van der Waals surface area (Å²) in [5.41, 5.74) is 3.02. The first-order valence-corrected chi connectivity index (χ1v) is 31.9. The highest BCUT2D eigenvalue weighted by Crippen LogP contribution is 2.37. The van der Waals surface area contributed by atoms with Crippen molar-refractivity contribution in [3.63, 3.8) is 0 Å². The van der Waals surface area contributed by atoms with Crippen molar-refractivity contribution in [1.29, 1.82) is 0 Å². The van der Waals surface area contributed by atoms with E-state index in [0.29, 0.717) is 33.4 Å². The number of carbonyl (C=O) groups excluding carboxylic acids is 4. The van der Waals surface area contributed by atoms with Gasteiger partial charge in [0, 0.05) is 36.8 Å². The van der Waals surface area contributed by atoms with Crippen LogP contribution in [0.2, 0.25) is 0 Å². The number of hydrogen-bond acceptors (Lipinski definition) is 24. The maximum Gasteiger partial charge on any atom is 0.251 e. The molecular weight excluding hydrogens is 1280 g/mol. The summed E-state index contributed by atoms with van der Waals surface area (Å²) in [7, 11) is 0. The molecule has 4 fully saturated rings. The van der Waals surface area contributed by atoms with E-state index in [1.807, 2.05) is 0 Å². The number of amides is 4. The molecule has 6 aromatic carbocycles. The van der Waals surface area contributed by atoms with Crippen LogP contribution in [0.4, 0.5) is 0 Å². The Hall–Kier alpha value is -7.60. The fraction of sp³-hybridized carbons (Fsp3) is 0.429. The molecule has 0 spiro atoms. The van der Waals surface area contributed by atoms with Crippen LogP contribution in [0.1, 0.15) is 43.0 Å². The first-order valence-electron chi connectivity index (χ1n) is 31.9. The van der Waals surface area contributed by atoms with E-state index in [0.717, 1.165) is 0 Å². The van der Waals surface area contributed by atoms with Gasteiger partial charge in [0.2, 0.25) is 11.8 Å². The molecule has 28 heteroatoms. The van der Waals surface area contributed by atoms with E-state index in [1.165, 1.54) is 24.3 Å². The number of ether oxygens (including phenoxy) is 6. The maximum absolute atomic E-state index is 14.6. The first kappa shape index (κ1) is 73.1. The molecule has 4 aliphatic heterocycles. The Morgan fingerprint density at radius 1 is 0.388 bits per heavy atom. The SMILES string of the molecule is O=C(N[C@@H]1[C@@H](OC(Cc2ccccc2)C(=O)N[C@@H]2[C@@H](O)[C@H](O)[C@@H](CO)O[C@@H]2O)[C@H](O)[C@@H](CO)O[C@@]1(O)Cc1ccccc1)c1ccc(-c2ccc(C(=O)N[C@@H]3[C@@H](OC(Cc4ccccc4)C(=O)N[C@@H]4[C@@H](O)[C@H](O)[C@@H](CO)O[C@@H]4O)[C@H](O)[C@@H](CO)O[C@@]3(O)Cc3ccccc3)cc2)cc1. The Labute approximate surface area is 562 Å². The van der Waals surface area contributed by atoms with Crippen LogP contribution in [0.15, 0.2) is 170 Å². The number of aliphatic hydroxyl groups is 14. The van der Waals surface area contributed by atoms with E-state index in [2.05, 4.69) is 21.3 Å². The fourth-order valence-corrected chi connectivity index (χ4v) is 12.8. The topological polar surface area (TPSA) is 455 Å². The minimum atomic E-state index is -2.48. The van der Waals surface area contributed by atoms with Gasteiger partial charge in [0.15, 0.2) is 24.2 Å². The van der Waals surface area contributed by atoms with Gasteiger partial charge in [-0.1, -0.05) is 146 Å². The Morgan fingerprint density at radius 2 is 0.694 bits per heavy atom. The molecule has 6 aromatic rings. The number of nitrogens with one attached hydrogen (secondary N) is 4. The number of hydrogen-bond donors (Lipinski definition) is 18. The summed E-state index contributed by atoms with van der Waals surface area (Å²) in [6, 6.07) is 38.9. The highest BCUT2D eigenvalue weighted by Gasteiger charge is 2.58. The molecule has 0 radical (unpaired) electrons. The van der Waals surface area contributed by atoms with Crippen LogP contribution in [0, 0.1) is 0 Å². The third-order valence-corrected chi connectivity index (χ3v) is 18.1. The zero-order chi connectivity index (χ0) is 70.0. The highest BCUT2D eigenvalue weighted by molar-refractivity contribution is 5.96. The molecule has 10 rings (SSSR count). The van der Waals surface area contributed by atoms with Crippen LogP contribution in [0.5, 0.6) is 0 Å². The van der Waals surface area contributed by atoms with Gasteiger partial charge in [-0.3, -0.25) is 19.2 Å². The number of carbonyl (C=O) groups is 4. The van der Waals surface area contributed by atoms with Crippen LogP contribution in [-0.2, 0) is 63.7 Å². The van der Waals surface area contributed by atoms with Crippen molar-refractivity contribution in [2.75, 3.05) is 26.4 Å². The van der Waals surface area contributed by atoms with Gasteiger partial charge >= 0.3 is 0 Å². The minimum absolute atomic E-state index is 0.000301. The number of rotatable bonds is 25. The molecular formula is C70H82N4O24. The van der Waals surface area contributed by atoms with Gasteiger partial charge in [-0.05, 0) is 57.6 Å². The largest absolute Gasteiger partial charge is 0.394 e. The minimum Gasteiger partial charge on any atom is -0.394 e. The van der Waals surface area contributed by atoms with Gasteiger partial charge < -0.3 is 121 Å². The van der Waals surface area contributed by atoms with Gasteiger partial charge in [-0.15, -0.1) is 0 Å². The van der Waals surface area contributed by atoms with Gasteiger partial charge in [0.05, 0.1) is 26.4 Å². The lowest BCUT2D eigenvalue weighted by molar-refractivity contribution is -0.325. The highest BCUT2D eigenvalue weighted by atomic mass is 16.7. The van der Waals surface area contributed by atoms with Gasteiger partial charge in [0.1, 0.15) is 110 Å². The lowest BCUT2D eigenvalue weighted by atomic mass is 9.85. The molecule has 98 heavy (non-hydrogen) atoms. The van der Waals surface area contributed by atoms with Crippen molar-refractivity contribution >= 4 is 23.6 Å². The summed E-state index contributed by atoms with van der Waals surface area (Å²) in [6.07, 6.45) is -28.8. The summed E-state index contributed by atoms with van der Waals surface area (Å²) in [4.78, 5) is 58.1. The van der Waals surface area contributed by atoms with E-state index in [-0.39, 0.29) is 36.8 Å². The zero-order valence-corrected chi connectivity index (χ0v) is 52.7. The smallest absolute Gasteiger partial charge is 0.251 e. The number of benzene rings is 6. The van der Waals surface area contributed by atoms with Gasteiger partial charge in [0.25, 0.3) is 11.8 Å². The normalized spacial score (nSPS) is 32.4. The van der Waals surface area contributed by atoms with Gasteiger partial charge in [-0.2, -0.15) is 0 Å². The second-order valence-corrected chi connectivity index (χ2v) is 24.8. The third kappa shape index (κ3) is 16.8. The van der Waals surface area contributed by atoms with E-state index >= 15 is 0 Å².